The number of fused-ring (bicyclic) bond motifs is 1. The van der Waals surface area contributed by atoms with E-state index in [0.717, 1.165) is 40.9 Å². The van der Waals surface area contributed by atoms with Crippen molar-refractivity contribution < 1.29 is 14.3 Å². The van der Waals surface area contributed by atoms with Gasteiger partial charge in [0, 0.05) is 43.4 Å². The second-order valence-corrected chi connectivity index (χ2v) is 7.97. The summed E-state index contributed by atoms with van der Waals surface area (Å²) >= 11 is 1.56. The number of aryl methyl sites for hydroxylation is 1. The highest BCUT2D eigenvalue weighted by Crippen LogP contribution is 2.32. The summed E-state index contributed by atoms with van der Waals surface area (Å²) < 4.78 is 14.6. The van der Waals surface area contributed by atoms with Crippen molar-refractivity contribution >= 4 is 17.7 Å². The minimum absolute atomic E-state index is 0.0526. The summed E-state index contributed by atoms with van der Waals surface area (Å²) in [5.74, 6) is 1.82. The lowest BCUT2D eigenvalue weighted by atomic mass is 10.0. The molecule has 1 amide bonds. The van der Waals surface area contributed by atoms with E-state index in [2.05, 4.69) is 21.7 Å². The summed E-state index contributed by atoms with van der Waals surface area (Å²) in [6.07, 6.45) is 2.71. The minimum atomic E-state index is -0.0526. The van der Waals surface area contributed by atoms with Crippen LogP contribution in [0.5, 0.6) is 11.5 Å². The zero-order valence-corrected chi connectivity index (χ0v) is 19.2. The maximum Gasteiger partial charge on any atom is 0.254 e. The first-order valence-electron chi connectivity index (χ1n) is 10.1. The lowest BCUT2D eigenvalue weighted by Gasteiger charge is -2.28. The fourth-order valence-corrected chi connectivity index (χ4v) is 4.56. The molecule has 0 N–H and O–H groups in total. The van der Waals surface area contributed by atoms with Crippen LogP contribution in [0, 0.1) is 0 Å². The molecule has 0 bridgehead atoms. The monoisotopic (exact) mass is 442 g/mol. The molecular formula is C21H26N6O3S. The number of methoxy groups -OCH3 is 2. The Balaban J connectivity index is 1.68. The standard InChI is InChI=1S/C21H26N6O3S/c1-6-27-19(22-23-21(27)31-5)18-14-12-26(10-9-15(14)25(2)24-18)20(28)13-7-8-16(29-3)17(11-13)30-4/h7-8,11H,6,9-10,12H2,1-5H3. The van der Waals surface area contributed by atoms with Gasteiger partial charge in [0.05, 0.1) is 20.8 Å². The number of benzene rings is 1. The molecule has 0 saturated carbocycles. The van der Waals surface area contributed by atoms with Gasteiger partial charge in [-0.1, -0.05) is 11.8 Å². The van der Waals surface area contributed by atoms with Crippen molar-refractivity contribution in [3.05, 3.63) is 35.0 Å². The van der Waals surface area contributed by atoms with Crippen LogP contribution in [0.4, 0.5) is 0 Å². The topological polar surface area (TPSA) is 87.3 Å². The van der Waals surface area contributed by atoms with Gasteiger partial charge in [-0.15, -0.1) is 10.2 Å². The van der Waals surface area contributed by atoms with E-state index in [1.165, 1.54) is 0 Å². The fourth-order valence-electron chi connectivity index (χ4n) is 4.00. The molecule has 2 aromatic heterocycles. The Morgan fingerprint density at radius 1 is 1.19 bits per heavy atom. The van der Waals surface area contributed by atoms with Crippen LogP contribution in [0.2, 0.25) is 0 Å². The van der Waals surface area contributed by atoms with E-state index in [9.17, 15) is 4.79 Å². The van der Waals surface area contributed by atoms with Crippen LogP contribution in [0.15, 0.2) is 23.4 Å². The van der Waals surface area contributed by atoms with Crippen molar-refractivity contribution in [3.8, 4) is 23.0 Å². The molecule has 3 aromatic rings. The van der Waals surface area contributed by atoms with Gasteiger partial charge in [0.15, 0.2) is 22.5 Å². The number of carbonyl (C=O) groups is 1. The fraction of sp³-hybridized carbons (Fsp3) is 0.429. The van der Waals surface area contributed by atoms with E-state index in [1.807, 2.05) is 22.9 Å². The number of thioether (sulfide) groups is 1. The smallest absolute Gasteiger partial charge is 0.254 e. The quantitative estimate of drug-likeness (QED) is 0.542. The van der Waals surface area contributed by atoms with Gasteiger partial charge in [0.25, 0.3) is 5.91 Å². The third-order valence-corrected chi connectivity index (χ3v) is 6.25. The summed E-state index contributed by atoms with van der Waals surface area (Å²) in [6.45, 7) is 3.90. The van der Waals surface area contributed by atoms with Gasteiger partial charge in [-0.3, -0.25) is 9.48 Å². The van der Waals surface area contributed by atoms with Crippen LogP contribution in [0.3, 0.4) is 0 Å². The van der Waals surface area contributed by atoms with Crippen LogP contribution < -0.4 is 9.47 Å². The molecule has 9 nitrogen and oxygen atoms in total. The first kappa shape index (κ1) is 21.2. The SMILES string of the molecule is CCn1c(SC)nnc1-c1nn(C)c2c1CN(C(=O)c1ccc(OC)c(OC)c1)CC2. The lowest BCUT2D eigenvalue weighted by molar-refractivity contribution is 0.0733. The molecule has 10 heteroatoms. The second kappa shape index (κ2) is 8.62. The molecule has 0 unspecified atom stereocenters. The van der Waals surface area contributed by atoms with Gasteiger partial charge in [-0.25, -0.2) is 0 Å². The highest BCUT2D eigenvalue weighted by atomic mass is 32.2. The third kappa shape index (κ3) is 3.65. The number of rotatable bonds is 6. The molecule has 0 spiro atoms. The largest absolute Gasteiger partial charge is 0.493 e. The van der Waals surface area contributed by atoms with Gasteiger partial charge < -0.3 is 18.9 Å². The number of hydrogen-bond acceptors (Lipinski definition) is 7. The third-order valence-electron chi connectivity index (χ3n) is 5.59. The summed E-state index contributed by atoms with van der Waals surface area (Å²) in [5, 5.41) is 14.3. The van der Waals surface area contributed by atoms with Gasteiger partial charge in [-0.2, -0.15) is 5.10 Å². The molecule has 1 aliphatic heterocycles. The van der Waals surface area contributed by atoms with E-state index in [4.69, 9.17) is 14.6 Å². The molecule has 0 radical (unpaired) electrons. The second-order valence-electron chi connectivity index (χ2n) is 7.20. The molecule has 1 aliphatic rings. The van der Waals surface area contributed by atoms with Crippen LogP contribution in [-0.4, -0.2) is 62.4 Å². The highest BCUT2D eigenvalue weighted by molar-refractivity contribution is 7.98. The van der Waals surface area contributed by atoms with E-state index < -0.39 is 0 Å². The van der Waals surface area contributed by atoms with Crippen molar-refractivity contribution in [1.82, 2.24) is 29.4 Å². The molecule has 0 saturated heterocycles. The van der Waals surface area contributed by atoms with Crippen molar-refractivity contribution in [2.75, 3.05) is 27.0 Å². The van der Waals surface area contributed by atoms with E-state index in [1.54, 1.807) is 44.2 Å². The Morgan fingerprint density at radius 2 is 1.97 bits per heavy atom. The van der Waals surface area contributed by atoms with Crippen molar-refractivity contribution in [2.45, 2.75) is 31.6 Å². The number of carbonyl (C=O) groups excluding carboxylic acids is 1. The van der Waals surface area contributed by atoms with Crippen LogP contribution in [0.1, 0.15) is 28.5 Å². The number of aromatic nitrogens is 5. The maximum atomic E-state index is 13.3. The van der Waals surface area contributed by atoms with Crippen molar-refractivity contribution in [3.63, 3.8) is 0 Å². The Kier molecular flexibility index (Phi) is 5.90. The Morgan fingerprint density at radius 3 is 2.65 bits per heavy atom. The molecule has 1 aromatic carbocycles. The maximum absolute atomic E-state index is 13.3. The molecule has 4 rings (SSSR count). The van der Waals surface area contributed by atoms with Crippen LogP contribution >= 0.6 is 11.8 Å². The molecule has 0 aliphatic carbocycles. The molecule has 3 heterocycles. The number of ether oxygens (including phenoxy) is 2. The average Bonchev–Trinajstić information content (AvgIpc) is 3.37. The summed E-state index contributed by atoms with van der Waals surface area (Å²) in [6, 6.07) is 5.24. The van der Waals surface area contributed by atoms with Crippen molar-refractivity contribution in [2.24, 2.45) is 7.05 Å². The molecule has 164 valence electrons. The van der Waals surface area contributed by atoms with Crippen LogP contribution in [-0.2, 0) is 26.6 Å². The first-order valence-corrected chi connectivity index (χ1v) is 11.3. The van der Waals surface area contributed by atoms with Gasteiger partial charge in [0.1, 0.15) is 5.69 Å². The van der Waals surface area contributed by atoms with Gasteiger partial charge in [-0.05, 0) is 31.4 Å². The Hall–Kier alpha value is -3.01. The summed E-state index contributed by atoms with van der Waals surface area (Å²) in [5.41, 5.74) is 3.50. The zero-order valence-electron chi connectivity index (χ0n) is 18.4. The highest BCUT2D eigenvalue weighted by Gasteiger charge is 2.30. The predicted molar refractivity (Wildman–Crippen MR) is 118 cm³/mol. The number of hydrogen-bond donors (Lipinski definition) is 0. The molecule has 31 heavy (non-hydrogen) atoms. The first-order chi connectivity index (χ1) is 15.0. The number of amides is 1. The van der Waals surface area contributed by atoms with Gasteiger partial charge >= 0.3 is 0 Å². The Bertz CT molecular complexity index is 1120. The van der Waals surface area contributed by atoms with E-state index in [-0.39, 0.29) is 5.91 Å². The molecular weight excluding hydrogens is 416 g/mol. The summed E-state index contributed by atoms with van der Waals surface area (Å²) in [4.78, 5) is 15.1. The summed E-state index contributed by atoms with van der Waals surface area (Å²) in [7, 11) is 5.08. The Labute approximate surface area is 185 Å². The van der Waals surface area contributed by atoms with Crippen molar-refractivity contribution in [1.29, 1.82) is 0 Å². The zero-order chi connectivity index (χ0) is 22.1. The van der Waals surface area contributed by atoms with E-state index >= 15 is 0 Å². The lowest BCUT2D eigenvalue weighted by Crippen LogP contribution is -2.36. The normalized spacial score (nSPS) is 13.3. The van der Waals surface area contributed by atoms with Crippen LogP contribution in [0.25, 0.3) is 11.5 Å². The van der Waals surface area contributed by atoms with E-state index in [0.29, 0.717) is 30.2 Å². The van der Waals surface area contributed by atoms with Gasteiger partial charge in [0.2, 0.25) is 0 Å². The minimum Gasteiger partial charge on any atom is -0.493 e. The number of nitrogens with zero attached hydrogens (tertiary/aromatic N) is 6. The average molecular weight is 443 g/mol. The molecule has 0 atom stereocenters. The predicted octanol–water partition coefficient (Wildman–Crippen LogP) is 2.64. The molecule has 0 fully saturated rings.